The van der Waals surface area contributed by atoms with Crippen LogP contribution in [0, 0.1) is 25.7 Å². The van der Waals surface area contributed by atoms with Crippen molar-refractivity contribution in [2.45, 2.75) is 53.0 Å². The lowest BCUT2D eigenvalue weighted by Crippen LogP contribution is -2.45. The van der Waals surface area contributed by atoms with E-state index in [2.05, 4.69) is 19.2 Å². The van der Waals surface area contributed by atoms with Crippen LogP contribution in [0.25, 0.3) is 0 Å². The lowest BCUT2D eigenvalue weighted by atomic mass is 9.78. The molecule has 126 valence electrons. The topological polar surface area (TPSA) is 55.4 Å². The highest BCUT2D eigenvalue weighted by Gasteiger charge is 2.28. The quantitative estimate of drug-likeness (QED) is 0.866. The van der Waals surface area contributed by atoms with E-state index < -0.39 is 5.97 Å². The number of rotatable bonds is 4. The summed E-state index contributed by atoms with van der Waals surface area (Å²) in [5.74, 6) is 0.423. The Morgan fingerprint density at radius 3 is 2.65 bits per heavy atom. The summed E-state index contributed by atoms with van der Waals surface area (Å²) in [5.41, 5.74) is 2.48. The third-order valence-electron chi connectivity index (χ3n) is 4.99. The first-order valence-electron chi connectivity index (χ1n) is 8.42. The predicted molar refractivity (Wildman–Crippen MR) is 90.3 cm³/mol. The summed E-state index contributed by atoms with van der Waals surface area (Å²) in [4.78, 5) is 24.1. The second kappa shape index (κ2) is 7.62. The van der Waals surface area contributed by atoms with Crippen LogP contribution in [-0.2, 0) is 9.53 Å². The second-order valence-electron chi connectivity index (χ2n) is 6.84. The lowest BCUT2D eigenvalue weighted by molar-refractivity contribution is -0.125. The summed E-state index contributed by atoms with van der Waals surface area (Å²) < 4.78 is 5.16. The summed E-state index contributed by atoms with van der Waals surface area (Å²) >= 11 is 0. The van der Waals surface area contributed by atoms with E-state index in [4.69, 9.17) is 4.74 Å². The number of aryl methyl sites for hydroxylation is 2. The summed E-state index contributed by atoms with van der Waals surface area (Å²) in [6, 6.07) is 5.73. The minimum atomic E-state index is -0.442. The van der Waals surface area contributed by atoms with Gasteiger partial charge < -0.3 is 10.1 Å². The van der Waals surface area contributed by atoms with Crippen LogP contribution < -0.4 is 5.32 Å². The molecule has 0 bridgehead atoms. The van der Waals surface area contributed by atoms with Gasteiger partial charge in [-0.2, -0.15) is 0 Å². The highest BCUT2D eigenvalue weighted by molar-refractivity contribution is 5.92. The normalized spacial score (nSPS) is 24.1. The van der Waals surface area contributed by atoms with Crippen LogP contribution in [0.2, 0.25) is 0 Å². The summed E-state index contributed by atoms with van der Waals surface area (Å²) in [7, 11) is 0. The maximum atomic E-state index is 12.1. The molecule has 1 saturated carbocycles. The molecule has 0 radical (unpaired) electrons. The molecule has 1 aliphatic carbocycles. The molecule has 0 spiro atoms. The minimum absolute atomic E-state index is 0.186. The largest absolute Gasteiger partial charge is 0.452 e. The highest BCUT2D eigenvalue weighted by atomic mass is 16.5. The van der Waals surface area contributed by atoms with Crippen LogP contribution in [0.1, 0.15) is 54.6 Å². The van der Waals surface area contributed by atoms with Crippen LogP contribution in [-0.4, -0.2) is 24.5 Å². The average Bonchev–Trinajstić information content (AvgIpc) is 2.49. The maximum absolute atomic E-state index is 12.1. The summed E-state index contributed by atoms with van der Waals surface area (Å²) in [5, 5.41) is 3.01. The van der Waals surface area contributed by atoms with E-state index in [1.807, 2.05) is 26.0 Å². The van der Waals surface area contributed by atoms with Crippen molar-refractivity contribution in [2.24, 2.45) is 11.8 Å². The number of esters is 1. The predicted octanol–water partition coefficient (Wildman–Crippen LogP) is 3.40. The molecule has 1 aromatic carbocycles. The third-order valence-corrected chi connectivity index (χ3v) is 4.99. The number of nitrogens with one attached hydrogen (secondary N) is 1. The van der Waals surface area contributed by atoms with E-state index in [-0.39, 0.29) is 18.6 Å². The number of hydrogen-bond acceptors (Lipinski definition) is 3. The molecule has 4 nitrogen and oxygen atoms in total. The Balaban J connectivity index is 1.85. The smallest absolute Gasteiger partial charge is 0.338 e. The van der Waals surface area contributed by atoms with E-state index in [1.54, 1.807) is 6.07 Å². The van der Waals surface area contributed by atoms with Gasteiger partial charge in [0, 0.05) is 6.04 Å². The number of ether oxygens (including phenoxy) is 1. The first-order chi connectivity index (χ1) is 10.9. The minimum Gasteiger partial charge on any atom is -0.452 e. The fraction of sp³-hybridized carbons (Fsp3) is 0.579. The van der Waals surface area contributed by atoms with Crippen molar-refractivity contribution >= 4 is 11.9 Å². The van der Waals surface area contributed by atoms with Crippen LogP contribution >= 0.6 is 0 Å². The van der Waals surface area contributed by atoms with E-state index in [1.165, 1.54) is 6.42 Å². The fourth-order valence-corrected chi connectivity index (χ4v) is 3.29. The van der Waals surface area contributed by atoms with Gasteiger partial charge in [-0.25, -0.2) is 4.79 Å². The average molecular weight is 317 g/mol. The molecule has 1 aliphatic rings. The molecule has 1 amide bonds. The fourth-order valence-electron chi connectivity index (χ4n) is 3.29. The van der Waals surface area contributed by atoms with Crippen molar-refractivity contribution in [3.8, 4) is 0 Å². The van der Waals surface area contributed by atoms with Crippen LogP contribution in [0.3, 0.4) is 0 Å². The van der Waals surface area contributed by atoms with Gasteiger partial charge in [0.15, 0.2) is 6.61 Å². The number of hydrogen-bond donors (Lipinski definition) is 1. The van der Waals surface area contributed by atoms with E-state index in [0.29, 0.717) is 17.4 Å². The number of amides is 1. The zero-order valence-electron chi connectivity index (χ0n) is 14.5. The van der Waals surface area contributed by atoms with Crippen LogP contribution in [0.5, 0.6) is 0 Å². The molecule has 0 heterocycles. The molecule has 2 rings (SSSR count). The first kappa shape index (κ1) is 17.5. The van der Waals surface area contributed by atoms with Gasteiger partial charge in [0.2, 0.25) is 0 Å². The number of carbonyl (C=O) groups is 2. The van der Waals surface area contributed by atoms with Gasteiger partial charge in [0.25, 0.3) is 5.91 Å². The van der Waals surface area contributed by atoms with Crippen molar-refractivity contribution in [2.75, 3.05) is 6.61 Å². The zero-order chi connectivity index (χ0) is 17.0. The molecule has 4 heteroatoms. The van der Waals surface area contributed by atoms with Crippen molar-refractivity contribution in [1.29, 1.82) is 0 Å². The molecule has 23 heavy (non-hydrogen) atoms. The molecular weight excluding hydrogens is 290 g/mol. The molecule has 0 unspecified atom stereocenters. The van der Waals surface area contributed by atoms with Gasteiger partial charge in [-0.3, -0.25) is 4.79 Å². The number of benzene rings is 1. The Labute approximate surface area is 138 Å². The first-order valence-corrected chi connectivity index (χ1v) is 8.42. The molecule has 3 atom stereocenters. The van der Waals surface area contributed by atoms with Crippen molar-refractivity contribution in [3.63, 3.8) is 0 Å². The number of carbonyl (C=O) groups excluding carboxylic acids is 2. The van der Waals surface area contributed by atoms with Gasteiger partial charge in [-0.15, -0.1) is 0 Å². The van der Waals surface area contributed by atoms with Crippen LogP contribution in [0.4, 0.5) is 0 Å². The Hall–Kier alpha value is -1.84. The molecule has 0 aliphatic heterocycles. The van der Waals surface area contributed by atoms with Gasteiger partial charge in [-0.1, -0.05) is 44.4 Å². The Kier molecular flexibility index (Phi) is 5.80. The lowest BCUT2D eigenvalue weighted by Gasteiger charge is -2.34. The van der Waals surface area contributed by atoms with E-state index >= 15 is 0 Å². The SMILES string of the molecule is Cc1ccc(C(=O)OCC(=O)N[C@@H]2CCC[C@H](C)[C@@H]2C)c(C)c1. The Morgan fingerprint density at radius 1 is 1.22 bits per heavy atom. The maximum Gasteiger partial charge on any atom is 0.338 e. The van der Waals surface area contributed by atoms with Crippen LogP contribution in [0.15, 0.2) is 18.2 Å². The molecule has 1 aromatic rings. The van der Waals surface area contributed by atoms with Crippen molar-refractivity contribution < 1.29 is 14.3 Å². The summed E-state index contributed by atoms with van der Waals surface area (Å²) in [6.07, 6.45) is 3.36. The Morgan fingerprint density at radius 2 is 1.96 bits per heavy atom. The molecule has 1 fully saturated rings. The standard InChI is InChI=1S/C19H27NO3/c1-12-8-9-16(14(3)10-12)19(22)23-11-18(21)20-17-7-5-6-13(2)15(17)4/h8-10,13,15,17H,5-7,11H2,1-4H3,(H,20,21)/t13-,15-,17+/m0/s1. The van der Waals surface area contributed by atoms with Crippen molar-refractivity contribution in [1.82, 2.24) is 5.32 Å². The van der Waals surface area contributed by atoms with Gasteiger partial charge in [0.1, 0.15) is 0 Å². The highest BCUT2D eigenvalue weighted by Crippen LogP contribution is 2.29. The van der Waals surface area contributed by atoms with Crippen molar-refractivity contribution in [3.05, 3.63) is 34.9 Å². The van der Waals surface area contributed by atoms with E-state index in [0.717, 1.165) is 24.0 Å². The molecular formula is C19H27NO3. The Bertz CT molecular complexity index is 582. The zero-order valence-corrected chi connectivity index (χ0v) is 14.5. The monoisotopic (exact) mass is 317 g/mol. The van der Waals surface area contributed by atoms with Gasteiger partial charge >= 0.3 is 5.97 Å². The molecule has 0 saturated heterocycles. The molecule has 0 aromatic heterocycles. The second-order valence-corrected chi connectivity index (χ2v) is 6.84. The van der Waals surface area contributed by atoms with Gasteiger partial charge in [-0.05, 0) is 43.7 Å². The molecule has 1 N–H and O–H groups in total. The van der Waals surface area contributed by atoms with E-state index in [9.17, 15) is 9.59 Å². The third kappa shape index (κ3) is 4.57. The summed E-state index contributed by atoms with van der Waals surface area (Å²) in [6.45, 7) is 8.03. The van der Waals surface area contributed by atoms with Gasteiger partial charge in [0.05, 0.1) is 5.56 Å².